The van der Waals surface area contributed by atoms with Crippen molar-refractivity contribution >= 4 is 34.4 Å². The Hall–Kier alpha value is -3.19. The molecule has 1 amide bonds. The highest BCUT2D eigenvalue weighted by Gasteiger charge is 2.14. The van der Waals surface area contributed by atoms with Crippen LogP contribution in [0.5, 0.6) is 0 Å². The van der Waals surface area contributed by atoms with E-state index in [2.05, 4.69) is 53.3 Å². The number of fused-ring (bicyclic) bond motifs is 1. The van der Waals surface area contributed by atoms with E-state index < -0.39 is 0 Å². The van der Waals surface area contributed by atoms with Gasteiger partial charge >= 0.3 is 0 Å². The first kappa shape index (κ1) is 21.1. The summed E-state index contributed by atoms with van der Waals surface area (Å²) in [4.78, 5) is 21.5. The first-order valence-corrected chi connectivity index (χ1v) is 11.4. The minimum Gasteiger partial charge on any atom is -0.325 e. The van der Waals surface area contributed by atoms with Gasteiger partial charge in [0.15, 0.2) is 5.65 Å². The number of nitrogens with one attached hydrogen (secondary N) is 1. The Morgan fingerprint density at radius 2 is 1.74 bits per heavy atom. The summed E-state index contributed by atoms with van der Waals surface area (Å²) in [6.45, 7) is 6.25. The van der Waals surface area contributed by atoms with E-state index in [-0.39, 0.29) is 11.7 Å². The lowest BCUT2D eigenvalue weighted by molar-refractivity contribution is -0.113. The largest absolute Gasteiger partial charge is 0.325 e. The molecule has 0 bridgehead atoms. The summed E-state index contributed by atoms with van der Waals surface area (Å²) < 4.78 is 1.80. The summed E-state index contributed by atoms with van der Waals surface area (Å²) in [6.07, 6.45) is 5.04. The van der Waals surface area contributed by atoms with Crippen molar-refractivity contribution in [2.45, 2.75) is 38.6 Å². The Kier molecular flexibility index (Phi) is 6.32. The third-order valence-corrected chi connectivity index (χ3v) is 6.22. The number of para-hydroxylation sites is 1. The van der Waals surface area contributed by atoms with Gasteiger partial charge in [-0.1, -0.05) is 61.5 Å². The predicted molar refractivity (Wildman–Crippen MR) is 126 cm³/mol. The zero-order chi connectivity index (χ0) is 21.8. The minimum atomic E-state index is -0.0433. The maximum atomic E-state index is 12.7. The molecular formula is C24H25N5OS. The molecule has 0 aliphatic carbocycles. The highest BCUT2D eigenvalue weighted by molar-refractivity contribution is 8.00. The molecule has 0 spiro atoms. The van der Waals surface area contributed by atoms with Crippen LogP contribution in [0.25, 0.3) is 16.7 Å². The molecule has 0 atom stereocenters. The first-order chi connectivity index (χ1) is 15.1. The first-order valence-electron chi connectivity index (χ1n) is 10.4. The molecular weight excluding hydrogens is 406 g/mol. The fraction of sp³-hybridized carbons (Fsp3) is 0.250. The minimum absolute atomic E-state index is 0.0433. The van der Waals surface area contributed by atoms with Crippen LogP contribution >= 0.6 is 11.8 Å². The highest BCUT2D eigenvalue weighted by atomic mass is 32.2. The molecule has 0 unspecified atom stereocenters. The molecule has 2 aromatic carbocycles. The van der Waals surface area contributed by atoms with Crippen molar-refractivity contribution in [2.24, 2.45) is 0 Å². The van der Waals surface area contributed by atoms with Crippen LogP contribution in [0.15, 0.2) is 60.0 Å². The van der Waals surface area contributed by atoms with E-state index in [0.29, 0.717) is 0 Å². The summed E-state index contributed by atoms with van der Waals surface area (Å²) in [5, 5.41) is 9.19. The number of benzene rings is 2. The third kappa shape index (κ3) is 4.46. The Morgan fingerprint density at radius 1 is 1.03 bits per heavy atom. The van der Waals surface area contributed by atoms with Gasteiger partial charge in [-0.25, -0.2) is 14.6 Å². The maximum Gasteiger partial charge on any atom is 0.234 e. The topological polar surface area (TPSA) is 72.7 Å². The summed E-state index contributed by atoms with van der Waals surface area (Å²) in [5.74, 6) is 0.224. The van der Waals surface area contributed by atoms with Crippen LogP contribution in [0, 0.1) is 6.92 Å². The molecule has 0 aliphatic rings. The summed E-state index contributed by atoms with van der Waals surface area (Å²) in [6, 6.07) is 14.3. The Bertz CT molecular complexity index is 1190. The number of nitrogens with zero attached hydrogens (tertiary/aromatic N) is 4. The lowest BCUT2D eigenvalue weighted by atomic mass is 10.0. The lowest BCUT2D eigenvalue weighted by Gasteiger charge is -2.14. The van der Waals surface area contributed by atoms with E-state index in [0.717, 1.165) is 51.4 Å². The third-order valence-electron chi connectivity index (χ3n) is 5.21. The summed E-state index contributed by atoms with van der Waals surface area (Å²) >= 11 is 1.40. The fourth-order valence-corrected chi connectivity index (χ4v) is 4.29. The average molecular weight is 432 g/mol. The number of carbonyl (C=O) groups excluding carboxylic acids is 1. The fourth-order valence-electron chi connectivity index (χ4n) is 3.53. The summed E-state index contributed by atoms with van der Waals surface area (Å²) in [7, 11) is 0. The van der Waals surface area contributed by atoms with E-state index in [1.165, 1.54) is 23.7 Å². The quantitative estimate of drug-likeness (QED) is 0.330. The summed E-state index contributed by atoms with van der Waals surface area (Å²) in [5.41, 5.74) is 6.11. The second-order valence-electron chi connectivity index (χ2n) is 7.30. The van der Waals surface area contributed by atoms with Gasteiger partial charge in [0.1, 0.15) is 11.4 Å². The molecule has 4 rings (SSSR count). The number of amides is 1. The van der Waals surface area contributed by atoms with Crippen molar-refractivity contribution < 1.29 is 4.79 Å². The second kappa shape index (κ2) is 9.31. The maximum absolute atomic E-state index is 12.7. The molecule has 7 heteroatoms. The average Bonchev–Trinajstić information content (AvgIpc) is 3.23. The molecule has 0 saturated heterocycles. The van der Waals surface area contributed by atoms with Gasteiger partial charge < -0.3 is 5.32 Å². The number of aromatic nitrogens is 4. The van der Waals surface area contributed by atoms with E-state index in [1.54, 1.807) is 10.9 Å². The van der Waals surface area contributed by atoms with Crippen molar-refractivity contribution in [2.75, 3.05) is 11.1 Å². The molecule has 6 nitrogen and oxygen atoms in total. The van der Waals surface area contributed by atoms with Crippen LogP contribution in [-0.4, -0.2) is 31.4 Å². The van der Waals surface area contributed by atoms with Crippen molar-refractivity contribution in [1.82, 2.24) is 19.7 Å². The van der Waals surface area contributed by atoms with Gasteiger partial charge in [0.05, 0.1) is 23.0 Å². The standard InChI is InChI=1S/C24H25N5OS/c1-4-17-7-6-8-18(5-2)22(17)28-21(30)14-31-24-20-13-27-29(23(20)25-15-26-24)19-11-9-16(3)10-12-19/h6-13,15H,4-5,14H2,1-3H3,(H,28,30). The van der Waals surface area contributed by atoms with Gasteiger partial charge in [-0.15, -0.1) is 0 Å². The Balaban J connectivity index is 1.52. The van der Waals surface area contributed by atoms with Gasteiger partial charge in [-0.05, 0) is 43.0 Å². The van der Waals surface area contributed by atoms with Crippen LogP contribution in [0.1, 0.15) is 30.5 Å². The van der Waals surface area contributed by atoms with Gasteiger partial charge in [0, 0.05) is 5.69 Å². The zero-order valence-corrected chi connectivity index (χ0v) is 18.7. The van der Waals surface area contributed by atoms with Gasteiger partial charge in [-0.3, -0.25) is 4.79 Å². The van der Waals surface area contributed by atoms with E-state index in [4.69, 9.17) is 0 Å². The van der Waals surface area contributed by atoms with Crippen LogP contribution in [0.4, 0.5) is 5.69 Å². The van der Waals surface area contributed by atoms with Crippen LogP contribution in [-0.2, 0) is 17.6 Å². The van der Waals surface area contributed by atoms with Crippen molar-refractivity contribution in [3.8, 4) is 5.69 Å². The molecule has 31 heavy (non-hydrogen) atoms. The number of rotatable bonds is 7. The second-order valence-corrected chi connectivity index (χ2v) is 8.27. The lowest BCUT2D eigenvalue weighted by Crippen LogP contribution is -2.16. The smallest absolute Gasteiger partial charge is 0.234 e. The molecule has 2 heterocycles. The molecule has 158 valence electrons. The highest BCUT2D eigenvalue weighted by Crippen LogP contribution is 2.27. The van der Waals surface area contributed by atoms with Gasteiger partial charge in [0.2, 0.25) is 5.91 Å². The molecule has 0 fully saturated rings. The molecule has 1 N–H and O–H groups in total. The van der Waals surface area contributed by atoms with Crippen LogP contribution < -0.4 is 5.32 Å². The molecule has 4 aromatic rings. The molecule has 0 saturated carbocycles. The molecule has 0 radical (unpaired) electrons. The monoisotopic (exact) mass is 431 g/mol. The van der Waals surface area contributed by atoms with Gasteiger partial charge in [-0.2, -0.15) is 5.10 Å². The SMILES string of the molecule is CCc1cccc(CC)c1NC(=O)CSc1ncnc2c1cnn2-c1ccc(C)cc1. The van der Waals surface area contributed by atoms with Crippen molar-refractivity contribution in [3.63, 3.8) is 0 Å². The predicted octanol–water partition coefficient (Wildman–Crippen LogP) is 4.98. The van der Waals surface area contributed by atoms with Crippen molar-refractivity contribution in [3.05, 3.63) is 71.7 Å². The van der Waals surface area contributed by atoms with Crippen molar-refractivity contribution in [1.29, 1.82) is 0 Å². The molecule has 0 aliphatic heterocycles. The number of carbonyl (C=O) groups is 1. The number of aryl methyl sites for hydroxylation is 3. The van der Waals surface area contributed by atoms with E-state index in [9.17, 15) is 4.79 Å². The normalized spacial score (nSPS) is 11.1. The zero-order valence-electron chi connectivity index (χ0n) is 17.9. The number of thioether (sulfide) groups is 1. The molecule has 2 aromatic heterocycles. The van der Waals surface area contributed by atoms with E-state index >= 15 is 0 Å². The van der Waals surface area contributed by atoms with Crippen LogP contribution in [0.3, 0.4) is 0 Å². The number of anilines is 1. The number of hydrogen-bond acceptors (Lipinski definition) is 5. The van der Waals surface area contributed by atoms with Gasteiger partial charge in [0.25, 0.3) is 0 Å². The number of hydrogen-bond donors (Lipinski definition) is 1. The van der Waals surface area contributed by atoms with Crippen LogP contribution in [0.2, 0.25) is 0 Å². The Labute approximate surface area is 186 Å². The Morgan fingerprint density at radius 3 is 2.42 bits per heavy atom. The van der Waals surface area contributed by atoms with E-state index in [1.807, 2.05) is 30.3 Å².